The molecule has 3 aromatic heterocycles. The van der Waals surface area contributed by atoms with Gasteiger partial charge in [0.15, 0.2) is 5.82 Å². The third-order valence-corrected chi connectivity index (χ3v) is 5.40. The molecule has 1 aliphatic carbocycles. The Kier molecular flexibility index (Phi) is 4.54. The molecule has 1 fully saturated rings. The molecule has 156 valence electrons. The van der Waals surface area contributed by atoms with Crippen molar-refractivity contribution in [2.45, 2.75) is 32.7 Å². The van der Waals surface area contributed by atoms with E-state index in [1.165, 1.54) is 18.9 Å². The minimum absolute atomic E-state index is 0.233. The number of fused-ring (bicyclic) bond motifs is 1. The summed E-state index contributed by atoms with van der Waals surface area (Å²) in [5.41, 5.74) is 3.77. The molecule has 0 saturated heterocycles. The Morgan fingerprint density at radius 3 is 2.84 bits per heavy atom. The van der Waals surface area contributed by atoms with E-state index in [2.05, 4.69) is 31.9 Å². The van der Waals surface area contributed by atoms with Crippen molar-refractivity contribution in [2.24, 2.45) is 0 Å². The van der Waals surface area contributed by atoms with Crippen molar-refractivity contribution in [1.29, 1.82) is 0 Å². The van der Waals surface area contributed by atoms with Gasteiger partial charge in [-0.1, -0.05) is 6.58 Å². The predicted octanol–water partition coefficient (Wildman–Crippen LogP) is 4.44. The number of hydrogen-bond acceptors (Lipinski definition) is 5. The molecule has 0 aliphatic heterocycles. The van der Waals surface area contributed by atoms with Gasteiger partial charge in [0.25, 0.3) is 0 Å². The van der Waals surface area contributed by atoms with Crippen molar-refractivity contribution >= 4 is 34.3 Å². The van der Waals surface area contributed by atoms with E-state index in [9.17, 15) is 4.79 Å². The largest absolute Gasteiger partial charge is 0.323 e. The van der Waals surface area contributed by atoms with Gasteiger partial charge in [-0.15, -0.1) is 0 Å². The predicted molar refractivity (Wildman–Crippen MR) is 121 cm³/mol. The van der Waals surface area contributed by atoms with Crippen LogP contribution in [0.4, 0.5) is 17.5 Å². The van der Waals surface area contributed by atoms with E-state index in [-0.39, 0.29) is 5.91 Å². The van der Waals surface area contributed by atoms with Gasteiger partial charge in [0.2, 0.25) is 11.9 Å². The van der Waals surface area contributed by atoms with Crippen LogP contribution in [0.1, 0.15) is 30.0 Å². The number of aromatic nitrogens is 5. The van der Waals surface area contributed by atoms with Crippen LogP contribution in [0.3, 0.4) is 0 Å². The molecule has 1 aliphatic rings. The molecule has 1 aromatic carbocycles. The molecule has 8 nitrogen and oxygen atoms in total. The standard InChI is InChI=1S/C23H23N7O/c1-4-21(31)25-16-5-8-19-18(11-16)15(3)13-29(19)22-14(2)12-24-23(27-22)26-20-9-10-30(28-20)17-6-7-17/h4-5,8-13,17H,1,6-7H2,2-3H3,(H,25,31)(H,24,26,27,28). The second-order valence-electron chi connectivity index (χ2n) is 7.84. The highest BCUT2D eigenvalue weighted by Gasteiger charge is 2.24. The lowest BCUT2D eigenvalue weighted by molar-refractivity contribution is -0.111. The molecule has 8 heteroatoms. The second-order valence-corrected chi connectivity index (χ2v) is 7.84. The van der Waals surface area contributed by atoms with E-state index in [1.807, 2.05) is 61.4 Å². The summed E-state index contributed by atoms with van der Waals surface area (Å²) >= 11 is 0. The average Bonchev–Trinajstić information content (AvgIpc) is 3.43. The summed E-state index contributed by atoms with van der Waals surface area (Å²) in [4.78, 5) is 20.8. The Balaban J connectivity index is 1.49. The van der Waals surface area contributed by atoms with E-state index in [0.717, 1.165) is 39.4 Å². The lowest BCUT2D eigenvalue weighted by Gasteiger charge is -2.10. The number of rotatable bonds is 6. The van der Waals surface area contributed by atoms with E-state index >= 15 is 0 Å². The lowest BCUT2D eigenvalue weighted by atomic mass is 10.1. The van der Waals surface area contributed by atoms with Crippen LogP contribution in [0, 0.1) is 13.8 Å². The van der Waals surface area contributed by atoms with Gasteiger partial charge in [-0.3, -0.25) is 9.48 Å². The van der Waals surface area contributed by atoms with Crippen molar-refractivity contribution in [3.05, 3.63) is 66.6 Å². The summed E-state index contributed by atoms with van der Waals surface area (Å²) in [5, 5.41) is 11.6. The molecule has 0 radical (unpaired) electrons. The fraction of sp³-hybridized carbons (Fsp3) is 0.217. The normalized spacial score (nSPS) is 13.4. The smallest absolute Gasteiger partial charge is 0.247 e. The maximum absolute atomic E-state index is 11.6. The zero-order valence-electron chi connectivity index (χ0n) is 17.5. The number of carbonyl (C=O) groups excluding carboxylic acids is 1. The highest BCUT2D eigenvalue weighted by atomic mass is 16.1. The van der Waals surface area contributed by atoms with E-state index in [1.54, 1.807) is 0 Å². The highest BCUT2D eigenvalue weighted by molar-refractivity contribution is 6.00. The molecular weight excluding hydrogens is 390 g/mol. The monoisotopic (exact) mass is 413 g/mol. The van der Waals surface area contributed by atoms with Crippen LogP contribution in [-0.4, -0.2) is 30.2 Å². The molecule has 0 atom stereocenters. The van der Waals surface area contributed by atoms with E-state index < -0.39 is 0 Å². The van der Waals surface area contributed by atoms with Crippen LogP contribution in [0.25, 0.3) is 16.7 Å². The van der Waals surface area contributed by atoms with Crippen LogP contribution >= 0.6 is 0 Å². The molecule has 2 N–H and O–H groups in total. The SMILES string of the molecule is C=CC(=O)Nc1ccc2c(c1)c(C)cn2-c1nc(Nc2ccn(C3CC3)n2)ncc1C. The van der Waals surface area contributed by atoms with Gasteiger partial charge in [-0.05, 0) is 56.5 Å². The van der Waals surface area contributed by atoms with Crippen LogP contribution < -0.4 is 10.6 Å². The van der Waals surface area contributed by atoms with Gasteiger partial charge in [0.1, 0.15) is 5.82 Å². The maximum atomic E-state index is 11.6. The number of benzene rings is 1. The number of anilines is 3. The molecule has 1 amide bonds. The Morgan fingerprint density at radius 2 is 2.06 bits per heavy atom. The molecule has 4 aromatic rings. The van der Waals surface area contributed by atoms with Gasteiger partial charge >= 0.3 is 0 Å². The van der Waals surface area contributed by atoms with E-state index in [4.69, 9.17) is 4.98 Å². The fourth-order valence-corrected chi connectivity index (χ4v) is 3.64. The van der Waals surface area contributed by atoms with Gasteiger partial charge in [-0.2, -0.15) is 10.1 Å². The zero-order valence-corrected chi connectivity index (χ0v) is 17.5. The number of amides is 1. The number of carbonyl (C=O) groups is 1. The number of hydrogen-bond donors (Lipinski definition) is 2. The van der Waals surface area contributed by atoms with Crippen molar-refractivity contribution in [2.75, 3.05) is 10.6 Å². The van der Waals surface area contributed by atoms with Gasteiger partial charge in [0.05, 0.1) is 11.6 Å². The summed E-state index contributed by atoms with van der Waals surface area (Å²) in [6, 6.07) is 8.28. The highest BCUT2D eigenvalue weighted by Crippen LogP contribution is 2.34. The first kappa shape index (κ1) is 19.0. The molecule has 0 spiro atoms. The Bertz CT molecular complexity index is 1310. The van der Waals surface area contributed by atoms with Crippen molar-refractivity contribution < 1.29 is 4.79 Å². The van der Waals surface area contributed by atoms with Crippen LogP contribution in [-0.2, 0) is 4.79 Å². The topological polar surface area (TPSA) is 89.7 Å². The number of aryl methyl sites for hydroxylation is 2. The van der Waals surface area contributed by atoms with Crippen molar-refractivity contribution in [3.63, 3.8) is 0 Å². The third kappa shape index (κ3) is 3.68. The molecular formula is C23H23N7O. The molecule has 3 heterocycles. The van der Waals surface area contributed by atoms with E-state index in [0.29, 0.717) is 12.0 Å². The minimum atomic E-state index is -0.233. The average molecular weight is 413 g/mol. The van der Waals surface area contributed by atoms with Crippen LogP contribution in [0.2, 0.25) is 0 Å². The van der Waals surface area contributed by atoms with Gasteiger partial charge in [0, 0.05) is 41.3 Å². The second kappa shape index (κ2) is 7.39. The number of nitrogens with zero attached hydrogens (tertiary/aromatic N) is 5. The van der Waals surface area contributed by atoms with Crippen LogP contribution in [0.15, 0.2) is 55.5 Å². The first-order chi connectivity index (χ1) is 15.0. The van der Waals surface area contributed by atoms with Crippen molar-refractivity contribution in [3.8, 4) is 5.82 Å². The Hall–Kier alpha value is -3.94. The maximum Gasteiger partial charge on any atom is 0.247 e. The summed E-state index contributed by atoms with van der Waals surface area (Å²) in [5.74, 6) is 1.79. The molecule has 0 unspecified atom stereocenters. The first-order valence-electron chi connectivity index (χ1n) is 10.2. The first-order valence-corrected chi connectivity index (χ1v) is 10.2. The molecule has 5 rings (SSSR count). The summed E-state index contributed by atoms with van der Waals surface area (Å²) < 4.78 is 4.04. The Morgan fingerprint density at radius 1 is 1.23 bits per heavy atom. The lowest BCUT2D eigenvalue weighted by Crippen LogP contribution is -2.07. The Labute approximate surface area is 179 Å². The summed E-state index contributed by atoms with van der Waals surface area (Å²) in [6.45, 7) is 7.53. The molecule has 31 heavy (non-hydrogen) atoms. The third-order valence-electron chi connectivity index (χ3n) is 5.40. The van der Waals surface area contributed by atoms with Gasteiger partial charge < -0.3 is 15.2 Å². The zero-order chi connectivity index (χ0) is 21.5. The van der Waals surface area contributed by atoms with Crippen LogP contribution in [0.5, 0.6) is 0 Å². The fourth-order valence-electron chi connectivity index (χ4n) is 3.64. The van der Waals surface area contributed by atoms with Crippen molar-refractivity contribution in [1.82, 2.24) is 24.3 Å². The number of nitrogens with one attached hydrogen (secondary N) is 2. The quantitative estimate of drug-likeness (QED) is 0.456. The summed E-state index contributed by atoms with van der Waals surface area (Å²) in [7, 11) is 0. The summed E-state index contributed by atoms with van der Waals surface area (Å²) in [6.07, 6.45) is 9.47. The minimum Gasteiger partial charge on any atom is -0.323 e. The molecule has 0 bridgehead atoms. The van der Waals surface area contributed by atoms with Gasteiger partial charge in [-0.25, -0.2) is 4.98 Å². The molecule has 1 saturated carbocycles.